The van der Waals surface area contributed by atoms with Gasteiger partial charge in [-0.3, -0.25) is 28.2 Å². The van der Waals surface area contributed by atoms with Crippen LogP contribution in [0.3, 0.4) is 0 Å². The molecule has 11 atom stereocenters. The summed E-state index contributed by atoms with van der Waals surface area (Å²) >= 11 is 0. The maximum atomic E-state index is 12.7. The van der Waals surface area contributed by atoms with Gasteiger partial charge in [-0.1, -0.05) is 0 Å². The molecule has 0 saturated carbocycles. The summed E-state index contributed by atoms with van der Waals surface area (Å²) in [6.07, 6.45) is -12.1. The zero-order chi connectivity index (χ0) is 32.8. The molecule has 2 saturated heterocycles. The van der Waals surface area contributed by atoms with Crippen LogP contribution in [0.1, 0.15) is 25.5 Å². The quantitative estimate of drug-likeness (QED) is 0.0620. The minimum absolute atomic E-state index is 0.0500. The topological polar surface area (TPSA) is 318 Å². The molecule has 1 amide bonds. The number of hydrogen-bond donors (Lipinski definition) is 10. The summed E-state index contributed by atoms with van der Waals surface area (Å²) < 4.78 is 50.0. The number of ether oxygens (including phenoxy) is 2. The van der Waals surface area contributed by atoms with Crippen LogP contribution in [-0.2, 0) is 36.8 Å². The fourth-order valence-corrected chi connectivity index (χ4v) is 6.53. The fraction of sp³-hybridized carbons (Fsp3) is 0.762. The van der Waals surface area contributed by atoms with Crippen LogP contribution in [0.15, 0.2) is 21.9 Å². The lowest BCUT2D eigenvalue weighted by Gasteiger charge is -2.42. The number of phosphoric ester groups is 2. The van der Waals surface area contributed by atoms with E-state index in [4.69, 9.17) is 14.0 Å². The van der Waals surface area contributed by atoms with Crippen LogP contribution in [0.4, 0.5) is 0 Å². The smallest absolute Gasteiger partial charge is 0.394 e. The van der Waals surface area contributed by atoms with Crippen LogP contribution in [0.2, 0.25) is 0 Å². The Morgan fingerprint density at radius 2 is 1.70 bits per heavy atom. The number of nitrogens with zero attached hydrogens (tertiary/aromatic N) is 1. The summed E-state index contributed by atoms with van der Waals surface area (Å²) in [4.78, 5) is 57.8. The number of nitrogens with one attached hydrogen (secondary N) is 3. The molecule has 44 heavy (non-hydrogen) atoms. The minimum Gasteiger partial charge on any atom is -0.394 e. The van der Waals surface area contributed by atoms with E-state index in [-0.39, 0.29) is 6.42 Å². The third-order valence-corrected chi connectivity index (χ3v) is 9.20. The van der Waals surface area contributed by atoms with Crippen molar-refractivity contribution in [3.05, 3.63) is 33.1 Å². The van der Waals surface area contributed by atoms with E-state index in [1.54, 1.807) is 7.05 Å². The largest absolute Gasteiger partial charge is 0.483 e. The molecular weight excluding hydrogens is 642 g/mol. The molecule has 252 valence electrons. The zero-order valence-corrected chi connectivity index (χ0v) is 24.9. The molecule has 3 rings (SSSR count). The van der Waals surface area contributed by atoms with E-state index < -0.39 is 101 Å². The number of H-pyrrole nitrogens is 1. The molecule has 21 nitrogen and oxygen atoms in total. The van der Waals surface area contributed by atoms with Gasteiger partial charge in [0.1, 0.15) is 42.7 Å². The minimum atomic E-state index is -5.67. The molecule has 2 fully saturated rings. The SMILES string of the molecule is CNCCCCC(=O)NC1[C@@H](OP(=O)(O)OP(=O)(O)OCC2OC(n3ccc(=O)[nH]c3=O)[C@H](O)[C@@H]2O)OC(CO)[C@H](O)[C@@H]1O. The number of carbonyl (C=O) groups is 1. The molecule has 0 bridgehead atoms. The molecule has 10 N–H and O–H groups in total. The lowest BCUT2D eigenvalue weighted by Crippen LogP contribution is -2.64. The highest BCUT2D eigenvalue weighted by Crippen LogP contribution is 2.61. The van der Waals surface area contributed by atoms with Crippen molar-refractivity contribution in [3.63, 3.8) is 0 Å². The normalized spacial score (nSPS) is 33.4. The molecule has 2 aliphatic heterocycles. The first-order valence-corrected chi connectivity index (χ1v) is 16.2. The highest BCUT2D eigenvalue weighted by atomic mass is 31.3. The van der Waals surface area contributed by atoms with Crippen molar-refractivity contribution in [1.82, 2.24) is 20.2 Å². The first kappa shape index (κ1) is 36.6. The molecule has 0 aromatic carbocycles. The van der Waals surface area contributed by atoms with Crippen molar-refractivity contribution in [2.75, 3.05) is 26.8 Å². The molecule has 2 aliphatic rings. The van der Waals surface area contributed by atoms with E-state index in [1.165, 1.54) is 0 Å². The lowest BCUT2D eigenvalue weighted by atomic mass is 9.97. The van der Waals surface area contributed by atoms with Crippen LogP contribution in [0.25, 0.3) is 0 Å². The Labute approximate surface area is 248 Å². The molecule has 1 aromatic rings. The monoisotopic (exact) mass is 678 g/mol. The number of hydrogen-bond acceptors (Lipinski definition) is 16. The molecule has 0 radical (unpaired) electrons. The molecule has 3 heterocycles. The number of aromatic amines is 1. The number of phosphoric acid groups is 2. The van der Waals surface area contributed by atoms with Crippen LogP contribution in [-0.4, -0.2) is 127 Å². The van der Waals surface area contributed by atoms with Gasteiger partial charge in [-0.2, -0.15) is 4.31 Å². The maximum absolute atomic E-state index is 12.7. The number of aliphatic hydroxyl groups is 5. The van der Waals surface area contributed by atoms with Gasteiger partial charge in [-0.05, 0) is 26.4 Å². The third-order valence-electron chi connectivity index (χ3n) is 6.60. The van der Waals surface area contributed by atoms with Crippen molar-refractivity contribution in [2.45, 2.75) is 74.4 Å². The average Bonchev–Trinajstić information content (AvgIpc) is 3.22. The molecule has 6 unspecified atom stereocenters. The summed E-state index contributed by atoms with van der Waals surface area (Å²) in [6, 6.07) is -0.772. The Bertz CT molecular complexity index is 1330. The first-order chi connectivity index (χ1) is 20.6. The molecule has 0 spiro atoms. The maximum Gasteiger partial charge on any atom is 0.483 e. The van der Waals surface area contributed by atoms with Gasteiger partial charge in [0.15, 0.2) is 12.5 Å². The van der Waals surface area contributed by atoms with E-state index in [1.807, 2.05) is 4.98 Å². The van der Waals surface area contributed by atoms with Crippen molar-refractivity contribution < 1.29 is 72.1 Å². The van der Waals surface area contributed by atoms with E-state index >= 15 is 0 Å². The van der Waals surface area contributed by atoms with Crippen LogP contribution in [0, 0.1) is 0 Å². The second-order valence-corrected chi connectivity index (χ2v) is 12.8. The standard InChI is InChI=1S/C21H36N4O17P2/c1-22-6-3-2-4-12(27)23-14-17(31)15(29)10(8-26)40-20(14)41-44(36,37)42-43(34,35)38-9-11-16(30)18(32)19(39-11)25-7-5-13(28)24-21(25)33/h5,7,10-11,14-20,22,26,29-32H,2-4,6,8-9H2,1H3,(H,23,27)(H,34,35)(H,36,37)(H,24,28,33)/t10?,11?,14?,15-,16+,17+,18+,19?,20+/m0/s1. The van der Waals surface area contributed by atoms with Crippen molar-refractivity contribution in [3.8, 4) is 0 Å². The second-order valence-electron chi connectivity index (χ2n) is 9.84. The predicted octanol–water partition coefficient (Wildman–Crippen LogP) is -4.28. The Balaban J connectivity index is 1.64. The van der Waals surface area contributed by atoms with Gasteiger partial charge < -0.3 is 55.4 Å². The van der Waals surface area contributed by atoms with E-state index in [0.717, 1.165) is 16.8 Å². The van der Waals surface area contributed by atoms with Crippen LogP contribution >= 0.6 is 15.6 Å². The lowest BCUT2D eigenvalue weighted by molar-refractivity contribution is -0.248. The number of unbranched alkanes of at least 4 members (excludes halogenated alkanes) is 1. The summed E-state index contributed by atoms with van der Waals surface area (Å²) in [7, 11) is -9.49. The molecule has 23 heteroatoms. The highest BCUT2D eigenvalue weighted by molar-refractivity contribution is 7.61. The van der Waals surface area contributed by atoms with Gasteiger partial charge in [-0.25, -0.2) is 13.9 Å². The van der Waals surface area contributed by atoms with E-state index in [0.29, 0.717) is 19.4 Å². The number of amides is 1. The summed E-state index contributed by atoms with van der Waals surface area (Å²) in [5.74, 6) is -0.665. The number of rotatable bonds is 15. The van der Waals surface area contributed by atoms with Crippen LogP contribution in [0.5, 0.6) is 0 Å². The van der Waals surface area contributed by atoms with Gasteiger partial charge in [0.2, 0.25) is 5.91 Å². The van der Waals surface area contributed by atoms with Gasteiger partial charge in [0.05, 0.1) is 13.2 Å². The number of carbonyl (C=O) groups excluding carboxylic acids is 1. The second kappa shape index (κ2) is 15.6. The van der Waals surface area contributed by atoms with Gasteiger partial charge in [0, 0.05) is 18.7 Å². The summed E-state index contributed by atoms with van der Waals surface area (Å²) in [5.41, 5.74) is -1.75. The highest BCUT2D eigenvalue weighted by Gasteiger charge is 2.50. The van der Waals surface area contributed by atoms with Gasteiger partial charge in [0.25, 0.3) is 5.56 Å². The van der Waals surface area contributed by atoms with E-state index in [2.05, 4.69) is 19.5 Å². The summed E-state index contributed by atoms with van der Waals surface area (Å²) in [5, 5.41) is 55.8. The number of aromatic nitrogens is 2. The first-order valence-electron chi connectivity index (χ1n) is 13.2. The Morgan fingerprint density at radius 1 is 1.02 bits per heavy atom. The predicted molar refractivity (Wildman–Crippen MR) is 142 cm³/mol. The van der Waals surface area contributed by atoms with E-state index in [9.17, 15) is 58.8 Å². The fourth-order valence-electron chi connectivity index (χ4n) is 4.37. The van der Waals surface area contributed by atoms with Gasteiger partial charge >= 0.3 is 21.3 Å². The third kappa shape index (κ3) is 9.55. The van der Waals surface area contributed by atoms with Crippen LogP contribution < -0.4 is 21.9 Å². The van der Waals surface area contributed by atoms with Crippen molar-refractivity contribution >= 4 is 21.6 Å². The molecule has 0 aliphatic carbocycles. The zero-order valence-electron chi connectivity index (χ0n) is 23.1. The Morgan fingerprint density at radius 3 is 2.34 bits per heavy atom. The Kier molecular flexibility index (Phi) is 13.0. The molecule has 1 aromatic heterocycles. The summed E-state index contributed by atoms with van der Waals surface area (Å²) in [6.45, 7) is -1.32. The van der Waals surface area contributed by atoms with Crippen molar-refractivity contribution in [2.24, 2.45) is 0 Å². The molecular formula is C21H36N4O17P2. The Hall–Kier alpha value is -1.91. The van der Waals surface area contributed by atoms with Crippen molar-refractivity contribution in [1.29, 1.82) is 0 Å². The number of aliphatic hydroxyl groups excluding tert-OH is 5. The average molecular weight is 678 g/mol. The van der Waals surface area contributed by atoms with Gasteiger partial charge in [-0.15, -0.1) is 0 Å².